The van der Waals surface area contributed by atoms with E-state index in [0.717, 1.165) is 11.3 Å². The molecule has 204 valence electrons. The van der Waals surface area contributed by atoms with Crippen molar-refractivity contribution in [3.05, 3.63) is 145 Å². The van der Waals surface area contributed by atoms with Crippen molar-refractivity contribution in [1.82, 2.24) is 15.0 Å². The van der Waals surface area contributed by atoms with E-state index in [1.165, 1.54) is 22.5 Å². The van der Waals surface area contributed by atoms with Crippen LogP contribution in [0.2, 0.25) is 0 Å². The van der Waals surface area contributed by atoms with Crippen molar-refractivity contribution < 1.29 is 9.47 Å². The van der Waals surface area contributed by atoms with Gasteiger partial charge in [0.2, 0.25) is 0 Å². The van der Waals surface area contributed by atoms with E-state index < -0.39 is 0 Å². The second-order valence-electron chi connectivity index (χ2n) is 10.6. The number of nitrogens with zero attached hydrogens (tertiary/aromatic N) is 4. The Labute approximate surface area is 244 Å². The molecule has 0 radical (unpaired) electrons. The van der Waals surface area contributed by atoms with Crippen LogP contribution in [0.1, 0.15) is 25.0 Å². The molecule has 1 aliphatic rings. The van der Waals surface area contributed by atoms with Gasteiger partial charge in [-0.1, -0.05) is 86.6 Å². The molecule has 2 heterocycles. The van der Waals surface area contributed by atoms with E-state index in [1.807, 2.05) is 72.8 Å². The lowest BCUT2D eigenvalue weighted by Gasteiger charge is -2.42. The third-order valence-corrected chi connectivity index (χ3v) is 7.52. The van der Waals surface area contributed by atoms with Gasteiger partial charge >= 0.3 is 12.0 Å². The summed E-state index contributed by atoms with van der Waals surface area (Å²) in [5, 5.41) is 0. The topological polar surface area (TPSA) is 60.4 Å². The summed E-state index contributed by atoms with van der Waals surface area (Å²) in [4.78, 5) is 16.0. The molecule has 6 nitrogen and oxygen atoms in total. The van der Waals surface area contributed by atoms with Crippen molar-refractivity contribution in [2.75, 3.05) is 4.90 Å². The predicted octanol–water partition coefficient (Wildman–Crippen LogP) is 9.23. The quantitative estimate of drug-likeness (QED) is 0.207. The zero-order valence-electron chi connectivity index (χ0n) is 23.3. The zero-order valence-corrected chi connectivity index (χ0v) is 23.3. The van der Waals surface area contributed by atoms with Crippen molar-refractivity contribution >= 4 is 17.1 Å². The van der Waals surface area contributed by atoms with Gasteiger partial charge in [-0.3, -0.25) is 0 Å². The summed E-state index contributed by atoms with van der Waals surface area (Å²) < 4.78 is 12.0. The van der Waals surface area contributed by atoms with Crippen LogP contribution in [0.5, 0.6) is 23.5 Å². The third kappa shape index (κ3) is 4.73. The van der Waals surface area contributed by atoms with Gasteiger partial charge in [-0.2, -0.15) is 9.97 Å². The van der Waals surface area contributed by atoms with E-state index in [9.17, 15) is 0 Å². The highest BCUT2D eigenvalue weighted by Gasteiger charge is 2.36. The molecule has 0 bridgehead atoms. The molecule has 1 aromatic heterocycles. The lowest BCUT2D eigenvalue weighted by Crippen LogP contribution is -2.30. The van der Waals surface area contributed by atoms with Crippen LogP contribution in [0.4, 0.5) is 17.1 Å². The van der Waals surface area contributed by atoms with Gasteiger partial charge in [0.1, 0.15) is 11.5 Å². The van der Waals surface area contributed by atoms with Gasteiger partial charge < -0.3 is 14.4 Å². The fraction of sp³-hybridized carbons (Fsp3) is 0.0833. The summed E-state index contributed by atoms with van der Waals surface area (Å²) in [5.74, 6) is 1.70. The van der Waals surface area contributed by atoms with Gasteiger partial charge in [0.15, 0.2) is 5.82 Å². The standard InChI is InChI=1S/C36H28N4O2/c1-36(2)29-17-9-11-19-31(29)40(32-20-12-10-18-30(32)36)26-23-21-25(22-24-26)33-37-34(41-27-13-5-3-6-14-27)39-35(38-33)42-28-15-7-4-8-16-28/h3-24H,1-2H3. The molecular formula is C36H28N4O2. The highest BCUT2D eigenvalue weighted by molar-refractivity contribution is 5.86. The fourth-order valence-electron chi connectivity index (χ4n) is 5.45. The van der Waals surface area contributed by atoms with E-state index in [-0.39, 0.29) is 17.4 Å². The van der Waals surface area contributed by atoms with Crippen LogP contribution in [0, 0.1) is 0 Å². The van der Waals surface area contributed by atoms with Gasteiger partial charge in [0.25, 0.3) is 0 Å². The number of hydrogen-bond acceptors (Lipinski definition) is 6. The first-order chi connectivity index (χ1) is 20.6. The van der Waals surface area contributed by atoms with Crippen LogP contribution >= 0.6 is 0 Å². The van der Waals surface area contributed by atoms with Crippen LogP contribution in [0.15, 0.2) is 133 Å². The van der Waals surface area contributed by atoms with Crippen LogP contribution in [0.25, 0.3) is 11.4 Å². The van der Waals surface area contributed by atoms with Gasteiger partial charge in [0.05, 0.1) is 11.4 Å². The number of para-hydroxylation sites is 4. The number of benzene rings is 5. The van der Waals surface area contributed by atoms with Gasteiger partial charge in [0, 0.05) is 16.7 Å². The van der Waals surface area contributed by atoms with E-state index in [2.05, 4.69) is 94.4 Å². The maximum Gasteiger partial charge on any atom is 0.328 e. The SMILES string of the molecule is CC1(C)c2ccccc2N(c2ccc(-c3nc(Oc4ccccc4)nc(Oc4ccccc4)n3)cc2)c2ccccc21. The Morgan fingerprint density at radius 1 is 0.500 bits per heavy atom. The monoisotopic (exact) mass is 548 g/mol. The van der Waals surface area contributed by atoms with E-state index in [0.29, 0.717) is 17.3 Å². The Bertz CT molecular complexity index is 1750. The highest BCUT2D eigenvalue weighted by Crippen LogP contribution is 2.51. The number of fused-ring (bicyclic) bond motifs is 2. The minimum Gasteiger partial charge on any atom is -0.424 e. The van der Waals surface area contributed by atoms with E-state index >= 15 is 0 Å². The van der Waals surface area contributed by atoms with Gasteiger partial charge in [-0.05, 0) is 71.8 Å². The van der Waals surface area contributed by atoms with Crippen molar-refractivity contribution in [3.63, 3.8) is 0 Å². The molecule has 0 fully saturated rings. The Hall–Kier alpha value is -5.49. The largest absolute Gasteiger partial charge is 0.424 e. The molecule has 0 saturated heterocycles. The lowest BCUT2D eigenvalue weighted by atomic mass is 9.73. The maximum absolute atomic E-state index is 5.98. The average Bonchev–Trinajstić information content (AvgIpc) is 3.02. The number of aromatic nitrogens is 3. The van der Waals surface area contributed by atoms with Crippen LogP contribution in [-0.4, -0.2) is 15.0 Å². The second kappa shape index (κ2) is 10.5. The number of anilines is 3. The molecule has 7 rings (SSSR count). The third-order valence-electron chi connectivity index (χ3n) is 7.52. The molecule has 0 aliphatic carbocycles. The first-order valence-corrected chi connectivity index (χ1v) is 13.9. The first-order valence-electron chi connectivity index (χ1n) is 13.9. The van der Waals surface area contributed by atoms with Crippen molar-refractivity contribution in [3.8, 4) is 34.9 Å². The first kappa shape index (κ1) is 25.5. The Morgan fingerprint density at radius 2 is 0.952 bits per heavy atom. The normalized spacial score (nSPS) is 13.1. The van der Waals surface area contributed by atoms with Crippen molar-refractivity contribution in [1.29, 1.82) is 0 Å². The molecule has 0 N–H and O–H groups in total. The molecule has 42 heavy (non-hydrogen) atoms. The lowest BCUT2D eigenvalue weighted by molar-refractivity contribution is 0.398. The zero-order chi connectivity index (χ0) is 28.5. The van der Waals surface area contributed by atoms with Gasteiger partial charge in [-0.15, -0.1) is 4.98 Å². The molecule has 0 amide bonds. The van der Waals surface area contributed by atoms with Crippen LogP contribution in [-0.2, 0) is 5.41 Å². The molecule has 0 atom stereocenters. The molecular weight excluding hydrogens is 520 g/mol. The smallest absolute Gasteiger partial charge is 0.328 e. The second-order valence-corrected chi connectivity index (χ2v) is 10.6. The summed E-state index contributed by atoms with van der Waals surface area (Å²) >= 11 is 0. The number of rotatable bonds is 6. The summed E-state index contributed by atoms with van der Waals surface area (Å²) in [6.45, 7) is 4.58. The molecule has 6 aromatic rings. The van der Waals surface area contributed by atoms with Crippen LogP contribution in [0.3, 0.4) is 0 Å². The van der Waals surface area contributed by atoms with E-state index in [1.54, 1.807) is 0 Å². The van der Waals surface area contributed by atoms with Crippen molar-refractivity contribution in [2.24, 2.45) is 0 Å². The Balaban J connectivity index is 1.28. The summed E-state index contributed by atoms with van der Waals surface area (Å²) in [6, 6.07) is 44.6. The maximum atomic E-state index is 5.98. The van der Waals surface area contributed by atoms with Crippen molar-refractivity contribution in [2.45, 2.75) is 19.3 Å². The number of ether oxygens (including phenoxy) is 2. The molecule has 6 heteroatoms. The molecule has 5 aromatic carbocycles. The predicted molar refractivity (Wildman–Crippen MR) is 165 cm³/mol. The highest BCUT2D eigenvalue weighted by atomic mass is 16.5. The summed E-state index contributed by atoms with van der Waals surface area (Å²) in [6.07, 6.45) is 0. The van der Waals surface area contributed by atoms with Gasteiger partial charge in [-0.25, -0.2) is 0 Å². The minimum absolute atomic E-state index is 0.112. The number of hydrogen-bond donors (Lipinski definition) is 0. The summed E-state index contributed by atoms with van der Waals surface area (Å²) in [5.41, 5.74) is 6.67. The minimum atomic E-state index is -0.112. The Kier molecular flexibility index (Phi) is 6.36. The van der Waals surface area contributed by atoms with E-state index in [4.69, 9.17) is 9.47 Å². The fourth-order valence-corrected chi connectivity index (χ4v) is 5.45. The Morgan fingerprint density at radius 3 is 1.45 bits per heavy atom. The van der Waals surface area contributed by atoms with Crippen LogP contribution < -0.4 is 14.4 Å². The average molecular weight is 549 g/mol. The molecule has 0 saturated carbocycles. The molecule has 0 spiro atoms. The molecule has 0 unspecified atom stereocenters. The summed E-state index contributed by atoms with van der Waals surface area (Å²) in [7, 11) is 0. The molecule has 1 aliphatic heterocycles.